The molecule has 0 N–H and O–H groups in total. The molecule has 126 valence electrons. The maximum absolute atomic E-state index is 13.7. The largest absolute Gasteiger partial charge is 0.381 e. The summed E-state index contributed by atoms with van der Waals surface area (Å²) in [4.78, 5) is 16.7. The molecule has 2 aliphatic rings. The molecule has 4 nitrogen and oxygen atoms in total. The van der Waals surface area contributed by atoms with Crippen LogP contribution in [0, 0.1) is 11.7 Å². The average molecular weight is 320 g/mol. The van der Waals surface area contributed by atoms with Crippen molar-refractivity contribution in [3.05, 3.63) is 24.0 Å². The van der Waals surface area contributed by atoms with E-state index in [2.05, 4.69) is 11.8 Å². The van der Waals surface area contributed by atoms with Crippen LogP contribution in [0.2, 0.25) is 0 Å². The maximum Gasteiger partial charge on any atom is 0.227 e. The van der Waals surface area contributed by atoms with Crippen molar-refractivity contribution in [3.63, 3.8) is 0 Å². The molecule has 1 amide bonds. The van der Waals surface area contributed by atoms with Gasteiger partial charge in [0.15, 0.2) is 0 Å². The zero-order valence-corrected chi connectivity index (χ0v) is 13.8. The van der Waals surface area contributed by atoms with Crippen molar-refractivity contribution in [1.29, 1.82) is 0 Å². The predicted molar refractivity (Wildman–Crippen MR) is 89.4 cm³/mol. The molecule has 3 rings (SSSR count). The highest BCUT2D eigenvalue weighted by molar-refractivity contribution is 5.98. The van der Waals surface area contributed by atoms with E-state index in [1.807, 2.05) is 0 Å². The second-order valence-electron chi connectivity index (χ2n) is 6.45. The highest BCUT2D eigenvalue weighted by Crippen LogP contribution is 2.35. The van der Waals surface area contributed by atoms with Crippen molar-refractivity contribution in [3.8, 4) is 0 Å². The second kappa shape index (κ2) is 7.30. The number of rotatable bonds is 4. The third-order valence-electron chi connectivity index (χ3n) is 4.67. The fraction of sp³-hybridized carbons (Fsp3) is 0.611. The smallest absolute Gasteiger partial charge is 0.227 e. The van der Waals surface area contributed by atoms with E-state index in [1.54, 1.807) is 11.0 Å². The zero-order chi connectivity index (χ0) is 16.2. The summed E-state index contributed by atoms with van der Waals surface area (Å²) in [5.41, 5.74) is 1.68. The lowest BCUT2D eigenvalue weighted by molar-refractivity contribution is -0.120. The molecule has 2 aliphatic heterocycles. The standard InChI is InChI=1S/C18H25FN2O2/c1-2-7-20-8-9-21(17-12-15(19)5-6-16(17)20)18(22)11-14-4-3-10-23-13-14/h5-6,12,14H,2-4,7-11,13H2,1H3. The van der Waals surface area contributed by atoms with E-state index in [0.717, 1.165) is 44.6 Å². The van der Waals surface area contributed by atoms with E-state index >= 15 is 0 Å². The van der Waals surface area contributed by atoms with Gasteiger partial charge in [-0.15, -0.1) is 0 Å². The van der Waals surface area contributed by atoms with Crippen LogP contribution in [-0.2, 0) is 9.53 Å². The number of benzene rings is 1. The van der Waals surface area contributed by atoms with Crippen molar-refractivity contribution in [2.45, 2.75) is 32.6 Å². The molecule has 1 saturated heterocycles. The molecule has 2 heterocycles. The molecule has 1 aromatic rings. The third-order valence-corrected chi connectivity index (χ3v) is 4.67. The number of amides is 1. The Morgan fingerprint density at radius 3 is 2.96 bits per heavy atom. The number of anilines is 2. The van der Waals surface area contributed by atoms with Gasteiger partial charge < -0.3 is 14.5 Å². The number of halogens is 1. The Kier molecular flexibility index (Phi) is 5.16. The number of carbonyl (C=O) groups excluding carboxylic acids is 1. The van der Waals surface area contributed by atoms with Crippen LogP contribution in [0.25, 0.3) is 0 Å². The highest BCUT2D eigenvalue weighted by atomic mass is 19.1. The molecule has 0 spiro atoms. The fourth-order valence-corrected chi connectivity index (χ4v) is 3.53. The zero-order valence-electron chi connectivity index (χ0n) is 13.8. The molecule has 1 aromatic carbocycles. The van der Waals surface area contributed by atoms with E-state index in [9.17, 15) is 9.18 Å². The Labute approximate surface area is 137 Å². The first kappa shape index (κ1) is 16.2. The summed E-state index contributed by atoms with van der Waals surface area (Å²) in [5.74, 6) is 0.0892. The van der Waals surface area contributed by atoms with E-state index in [0.29, 0.717) is 31.2 Å². The molecule has 5 heteroatoms. The maximum atomic E-state index is 13.7. The molecule has 0 saturated carbocycles. The summed E-state index contributed by atoms with van der Waals surface area (Å²) in [6.45, 7) is 5.95. The van der Waals surface area contributed by atoms with Crippen LogP contribution in [-0.4, -0.2) is 38.8 Å². The van der Waals surface area contributed by atoms with Crippen LogP contribution in [0.5, 0.6) is 0 Å². The van der Waals surface area contributed by atoms with Gasteiger partial charge in [-0.3, -0.25) is 4.79 Å². The number of nitrogens with zero attached hydrogens (tertiary/aromatic N) is 2. The lowest BCUT2D eigenvalue weighted by Crippen LogP contribution is -2.45. The summed E-state index contributed by atoms with van der Waals surface area (Å²) in [6, 6.07) is 4.76. The van der Waals surface area contributed by atoms with Gasteiger partial charge in [0.1, 0.15) is 5.82 Å². The number of fused-ring (bicyclic) bond motifs is 1. The van der Waals surface area contributed by atoms with Gasteiger partial charge in [-0.1, -0.05) is 6.92 Å². The van der Waals surface area contributed by atoms with Crippen molar-refractivity contribution in [1.82, 2.24) is 0 Å². The summed E-state index contributed by atoms with van der Waals surface area (Å²) < 4.78 is 19.2. The Bertz CT molecular complexity index is 558. The number of hydrogen-bond donors (Lipinski definition) is 0. The molecular weight excluding hydrogens is 295 g/mol. The molecule has 23 heavy (non-hydrogen) atoms. The molecule has 0 bridgehead atoms. The van der Waals surface area contributed by atoms with Crippen molar-refractivity contribution in [2.24, 2.45) is 5.92 Å². The summed E-state index contributed by atoms with van der Waals surface area (Å²) in [6.07, 6.45) is 3.58. The van der Waals surface area contributed by atoms with Gasteiger partial charge in [0.2, 0.25) is 5.91 Å². The van der Waals surface area contributed by atoms with E-state index in [-0.39, 0.29) is 11.7 Å². The topological polar surface area (TPSA) is 32.8 Å². The van der Waals surface area contributed by atoms with Crippen LogP contribution in [0.4, 0.5) is 15.8 Å². The highest BCUT2D eigenvalue weighted by Gasteiger charge is 2.28. The van der Waals surface area contributed by atoms with E-state index in [1.165, 1.54) is 12.1 Å². The van der Waals surface area contributed by atoms with Gasteiger partial charge in [-0.05, 0) is 43.4 Å². The first-order chi connectivity index (χ1) is 11.2. The van der Waals surface area contributed by atoms with Crippen LogP contribution in [0.1, 0.15) is 32.6 Å². The second-order valence-corrected chi connectivity index (χ2v) is 6.45. The van der Waals surface area contributed by atoms with Crippen LogP contribution in [0.3, 0.4) is 0 Å². The quantitative estimate of drug-likeness (QED) is 0.854. The summed E-state index contributed by atoms with van der Waals surface area (Å²) in [7, 11) is 0. The van der Waals surface area contributed by atoms with Gasteiger partial charge >= 0.3 is 0 Å². The Hall–Kier alpha value is -1.62. The molecule has 0 aromatic heterocycles. The van der Waals surface area contributed by atoms with E-state index < -0.39 is 0 Å². The number of carbonyl (C=O) groups is 1. The van der Waals surface area contributed by atoms with Crippen molar-refractivity contribution < 1.29 is 13.9 Å². The van der Waals surface area contributed by atoms with Gasteiger partial charge in [0.05, 0.1) is 11.4 Å². The van der Waals surface area contributed by atoms with Gasteiger partial charge in [-0.25, -0.2) is 4.39 Å². The average Bonchev–Trinajstić information content (AvgIpc) is 2.56. The number of hydrogen-bond acceptors (Lipinski definition) is 3. The first-order valence-electron chi connectivity index (χ1n) is 8.61. The van der Waals surface area contributed by atoms with Gasteiger partial charge in [0.25, 0.3) is 0 Å². The van der Waals surface area contributed by atoms with E-state index in [4.69, 9.17) is 4.74 Å². The minimum absolute atomic E-state index is 0.0866. The normalized spacial score (nSPS) is 21.2. The molecule has 1 fully saturated rings. The van der Waals surface area contributed by atoms with Crippen LogP contribution in [0.15, 0.2) is 18.2 Å². The van der Waals surface area contributed by atoms with Gasteiger partial charge in [-0.2, -0.15) is 0 Å². The first-order valence-corrected chi connectivity index (χ1v) is 8.61. The Morgan fingerprint density at radius 1 is 1.35 bits per heavy atom. The Balaban J connectivity index is 1.78. The number of ether oxygens (including phenoxy) is 1. The Morgan fingerprint density at radius 2 is 2.22 bits per heavy atom. The molecule has 1 unspecified atom stereocenters. The molecule has 1 atom stereocenters. The molecule has 0 radical (unpaired) electrons. The summed E-state index contributed by atoms with van der Waals surface area (Å²) >= 11 is 0. The lowest BCUT2D eigenvalue weighted by Gasteiger charge is -2.38. The minimum atomic E-state index is -0.291. The minimum Gasteiger partial charge on any atom is -0.381 e. The van der Waals surface area contributed by atoms with Gasteiger partial charge in [0, 0.05) is 39.3 Å². The lowest BCUT2D eigenvalue weighted by atomic mass is 9.97. The van der Waals surface area contributed by atoms with Crippen molar-refractivity contribution >= 4 is 17.3 Å². The van der Waals surface area contributed by atoms with Crippen LogP contribution < -0.4 is 9.80 Å². The fourth-order valence-electron chi connectivity index (χ4n) is 3.53. The summed E-state index contributed by atoms with van der Waals surface area (Å²) in [5, 5.41) is 0. The van der Waals surface area contributed by atoms with Crippen molar-refractivity contribution in [2.75, 3.05) is 42.6 Å². The monoisotopic (exact) mass is 320 g/mol. The van der Waals surface area contributed by atoms with Crippen LogP contribution >= 0.6 is 0 Å². The third kappa shape index (κ3) is 3.66. The predicted octanol–water partition coefficient (Wildman–Crippen LogP) is 3.21. The molecule has 0 aliphatic carbocycles. The molecular formula is C18H25FN2O2. The SMILES string of the molecule is CCCN1CCN(C(=O)CC2CCCOC2)c2cc(F)ccc21.